The monoisotopic (exact) mass is 279 g/mol. The zero-order valence-electron chi connectivity index (χ0n) is 11.2. The number of rotatable bonds is 6. The smallest absolute Gasteiger partial charge is 0.137 e. The molecule has 4 heteroatoms. The molecule has 0 radical (unpaired) electrons. The molecular weight excluding hydrogens is 262 g/mol. The molecule has 19 heavy (non-hydrogen) atoms. The van der Waals surface area contributed by atoms with Crippen molar-refractivity contribution in [3.8, 4) is 5.75 Å². The van der Waals surface area contributed by atoms with Crippen molar-refractivity contribution in [2.45, 2.75) is 19.4 Å². The highest BCUT2D eigenvalue weighted by molar-refractivity contribution is 6.32. The number of furan rings is 1. The van der Waals surface area contributed by atoms with Gasteiger partial charge in [0.2, 0.25) is 0 Å². The maximum atomic E-state index is 6.07. The molecule has 0 saturated carbocycles. The molecule has 0 amide bonds. The Labute approximate surface area is 118 Å². The van der Waals surface area contributed by atoms with Gasteiger partial charge in [-0.25, -0.2) is 0 Å². The fourth-order valence-corrected chi connectivity index (χ4v) is 2.21. The van der Waals surface area contributed by atoms with E-state index >= 15 is 0 Å². The first-order chi connectivity index (χ1) is 9.26. The average molecular weight is 280 g/mol. The van der Waals surface area contributed by atoms with E-state index in [0.29, 0.717) is 10.8 Å². The van der Waals surface area contributed by atoms with Crippen molar-refractivity contribution in [1.29, 1.82) is 0 Å². The van der Waals surface area contributed by atoms with Gasteiger partial charge in [-0.3, -0.25) is 0 Å². The lowest BCUT2D eigenvalue weighted by Crippen LogP contribution is -2.22. The number of nitrogens with one attached hydrogen (secondary N) is 1. The van der Waals surface area contributed by atoms with Crippen molar-refractivity contribution in [3.05, 3.63) is 52.9 Å². The Balaban J connectivity index is 2.32. The summed E-state index contributed by atoms with van der Waals surface area (Å²) < 4.78 is 10.5. The minimum atomic E-state index is 0.0878. The van der Waals surface area contributed by atoms with Gasteiger partial charge in [-0.15, -0.1) is 0 Å². The summed E-state index contributed by atoms with van der Waals surface area (Å²) in [5, 5.41) is 4.12. The molecule has 0 aliphatic heterocycles. The number of methoxy groups -OCH3 is 1. The minimum absolute atomic E-state index is 0.0878. The Kier molecular flexibility index (Phi) is 4.88. The lowest BCUT2D eigenvalue weighted by molar-refractivity contribution is 0.413. The molecule has 1 aromatic carbocycles. The molecule has 3 nitrogen and oxygen atoms in total. The van der Waals surface area contributed by atoms with Gasteiger partial charge in [0, 0.05) is 5.56 Å². The predicted octanol–water partition coefficient (Wildman–Crippen LogP) is 4.03. The highest BCUT2D eigenvalue weighted by atomic mass is 35.5. The third kappa shape index (κ3) is 3.31. The Hall–Kier alpha value is -1.45. The Bertz CT molecular complexity index is 511. The van der Waals surface area contributed by atoms with Crippen molar-refractivity contribution >= 4 is 11.6 Å². The van der Waals surface area contributed by atoms with Crippen LogP contribution in [0.3, 0.4) is 0 Å². The average Bonchev–Trinajstić information content (AvgIpc) is 2.95. The van der Waals surface area contributed by atoms with Crippen LogP contribution < -0.4 is 10.1 Å². The van der Waals surface area contributed by atoms with Crippen LogP contribution in [0.5, 0.6) is 5.75 Å². The molecule has 0 bridgehead atoms. The van der Waals surface area contributed by atoms with Gasteiger partial charge in [-0.2, -0.15) is 0 Å². The number of benzene rings is 1. The topological polar surface area (TPSA) is 34.4 Å². The van der Waals surface area contributed by atoms with E-state index in [4.69, 9.17) is 20.8 Å². The van der Waals surface area contributed by atoms with Crippen LogP contribution in [0.2, 0.25) is 5.02 Å². The lowest BCUT2D eigenvalue weighted by atomic mass is 10.0. The molecule has 0 spiro atoms. The van der Waals surface area contributed by atoms with Crippen LogP contribution in [0.15, 0.2) is 41.2 Å². The van der Waals surface area contributed by atoms with Crippen molar-refractivity contribution in [3.63, 3.8) is 0 Å². The van der Waals surface area contributed by atoms with Crippen molar-refractivity contribution in [1.82, 2.24) is 5.32 Å². The number of hydrogen-bond donors (Lipinski definition) is 1. The van der Waals surface area contributed by atoms with Crippen LogP contribution in [-0.4, -0.2) is 13.7 Å². The van der Waals surface area contributed by atoms with Crippen LogP contribution >= 0.6 is 11.6 Å². The van der Waals surface area contributed by atoms with Crippen molar-refractivity contribution in [2.24, 2.45) is 0 Å². The quantitative estimate of drug-likeness (QED) is 0.867. The summed E-state index contributed by atoms with van der Waals surface area (Å²) in [6, 6.07) is 7.88. The second kappa shape index (κ2) is 6.64. The van der Waals surface area contributed by atoms with Gasteiger partial charge in [0.15, 0.2) is 0 Å². The van der Waals surface area contributed by atoms with Crippen LogP contribution in [-0.2, 0) is 0 Å². The van der Waals surface area contributed by atoms with Crippen LogP contribution in [0, 0.1) is 0 Å². The van der Waals surface area contributed by atoms with E-state index in [1.54, 1.807) is 19.6 Å². The van der Waals surface area contributed by atoms with E-state index in [1.165, 1.54) is 0 Å². The third-order valence-corrected chi connectivity index (χ3v) is 3.30. The molecule has 0 fully saturated rings. The molecule has 1 unspecified atom stereocenters. The van der Waals surface area contributed by atoms with Crippen molar-refractivity contribution in [2.75, 3.05) is 13.7 Å². The predicted molar refractivity (Wildman–Crippen MR) is 76.8 cm³/mol. The van der Waals surface area contributed by atoms with Crippen molar-refractivity contribution < 1.29 is 9.15 Å². The van der Waals surface area contributed by atoms with E-state index in [2.05, 4.69) is 12.2 Å². The Morgan fingerprint density at radius 2 is 2.16 bits per heavy atom. The van der Waals surface area contributed by atoms with Gasteiger partial charge < -0.3 is 14.5 Å². The highest BCUT2D eigenvalue weighted by Gasteiger charge is 2.16. The molecule has 2 rings (SSSR count). The van der Waals surface area contributed by atoms with Gasteiger partial charge in [-0.1, -0.05) is 24.6 Å². The molecule has 0 aliphatic rings. The minimum Gasteiger partial charge on any atom is -0.495 e. The van der Waals surface area contributed by atoms with Gasteiger partial charge in [-0.05, 0) is 36.7 Å². The van der Waals surface area contributed by atoms with E-state index < -0.39 is 0 Å². The first kappa shape index (κ1) is 14.0. The van der Waals surface area contributed by atoms with Gasteiger partial charge >= 0.3 is 0 Å². The number of ether oxygens (including phenoxy) is 1. The zero-order chi connectivity index (χ0) is 13.7. The van der Waals surface area contributed by atoms with Crippen LogP contribution in [0.4, 0.5) is 0 Å². The molecule has 1 atom stereocenters. The Morgan fingerprint density at radius 3 is 2.79 bits per heavy atom. The fraction of sp³-hybridized carbons (Fsp3) is 0.333. The summed E-state index contributed by atoms with van der Waals surface area (Å²) in [6.45, 7) is 3.07. The van der Waals surface area contributed by atoms with E-state index in [1.807, 2.05) is 24.3 Å². The van der Waals surface area contributed by atoms with Crippen LogP contribution in [0.25, 0.3) is 0 Å². The lowest BCUT2D eigenvalue weighted by Gasteiger charge is -2.18. The second-order valence-electron chi connectivity index (χ2n) is 4.34. The summed E-state index contributed by atoms with van der Waals surface area (Å²) in [7, 11) is 1.62. The van der Waals surface area contributed by atoms with Gasteiger partial charge in [0.25, 0.3) is 0 Å². The largest absolute Gasteiger partial charge is 0.495 e. The maximum Gasteiger partial charge on any atom is 0.137 e. The molecule has 0 saturated heterocycles. The SMILES string of the molecule is CCCNC(c1ccoc1)c1ccc(Cl)c(OC)c1. The fourth-order valence-electron chi connectivity index (χ4n) is 2.01. The second-order valence-corrected chi connectivity index (χ2v) is 4.75. The first-order valence-corrected chi connectivity index (χ1v) is 6.73. The first-order valence-electron chi connectivity index (χ1n) is 6.35. The summed E-state index contributed by atoms with van der Waals surface area (Å²) in [4.78, 5) is 0. The number of halogens is 1. The molecule has 1 heterocycles. The molecule has 1 N–H and O–H groups in total. The maximum absolute atomic E-state index is 6.07. The normalized spacial score (nSPS) is 12.4. The van der Waals surface area contributed by atoms with E-state index in [9.17, 15) is 0 Å². The summed E-state index contributed by atoms with van der Waals surface area (Å²) >= 11 is 6.07. The van der Waals surface area contributed by atoms with E-state index in [-0.39, 0.29) is 6.04 Å². The summed E-state index contributed by atoms with van der Waals surface area (Å²) in [5.41, 5.74) is 2.20. The molecule has 102 valence electrons. The third-order valence-electron chi connectivity index (χ3n) is 2.98. The molecular formula is C15H18ClNO2. The standard InChI is InChI=1S/C15H18ClNO2/c1-3-7-17-15(12-6-8-19-10-12)11-4-5-13(16)14(9-11)18-2/h4-6,8-10,15,17H,3,7H2,1-2H3. The molecule has 0 aliphatic carbocycles. The molecule has 2 aromatic rings. The highest BCUT2D eigenvalue weighted by Crippen LogP contribution is 2.30. The van der Waals surface area contributed by atoms with Gasteiger partial charge in [0.1, 0.15) is 5.75 Å². The number of hydrogen-bond acceptors (Lipinski definition) is 3. The summed E-state index contributed by atoms with van der Waals surface area (Å²) in [6.07, 6.45) is 4.51. The molecule has 1 aromatic heterocycles. The van der Waals surface area contributed by atoms with Crippen LogP contribution in [0.1, 0.15) is 30.5 Å². The van der Waals surface area contributed by atoms with Gasteiger partial charge in [0.05, 0.1) is 30.7 Å². The Morgan fingerprint density at radius 1 is 1.32 bits per heavy atom. The summed E-state index contributed by atoms with van der Waals surface area (Å²) in [5.74, 6) is 0.686. The zero-order valence-corrected chi connectivity index (χ0v) is 11.9. The van der Waals surface area contributed by atoms with E-state index in [0.717, 1.165) is 24.1 Å².